The standard InChI is InChI=1S/C11H17N3O4S/c1-3-19(16,17)14(8-11(15)13-12)9-5-4-6-10(7-9)18-2/h4-7H,3,8,12H2,1-2H3,(H,13,15). The predicted octanol–water partition coefficient (Wildman–Crippen LogP) is -0.159. The topological polar surface area (TPSA) is 102 Å². The molecule has 3 N–H and O–H groups in total. The van der Waals surface area contributed by atoms with E-state index in [4.69, 9.17) is 10.6 Å². The van der Waals surface area contributed by atoms with Crippen LogP contribution in [0.2, 0.25) is 0 Å². The van der Waals surface area contributed by atoms with Crippen LogP contribution in [-0.4, -0.2) is 33.7 Å². The fourth-order valence-electron chi connectivity index (χ4n) is 1.45. The average molecular weight is 287 g/mol. The van der Waals surface area contributed by atoms with Gasteiger partial charge in [0.2, 0.25) is 10.0 Å². The molecule has 8 heteroatoms. The Morgan fingerprint density at radius 1 is 1.47 bits per heavy atom. The maximum Gasteiger partial charge on any atom is 0.254 e. The van der Waals surface area contributed by atoms with Crippen LogP contribution in [0.1, 0.15) is 6.92 Å². The second-order valence-electron chi connectivity index (χ2n) is 3.68. The summed E-state index contributed by atoms with van der Waals surface area (Å²) in [5, 5.41) is 0. The van der Waals surface area contributed by atoms with Gasteiger partial charge in [0.25, 0.3) is 5.91 Å². The molecule has 0 bridgehead atoms. The van der Waals surface area contributed by atoms with Gasteiger partial charge in [-0.2, -0.15) is 0 Å². The molecular formula is C11H17N3O4S. The third kappa shape index (κ3) is 3.83. The number of rotatable bonds is 6. The molecular weight excluding hydrogens is 270 g/mol. The molecule has 0 saturated carbocycles. The molecule has 0 aliphatic carbocycles. The van der Waals surface area contributed by atoms with E-state index in [1.54, 1.807) is 18.2 Å². The number of nitrogens with one attached hydrogen (secondary N) is 1. The van der Waals surface area contributed by atoms with Crippen molar-refractivity contribution >= 4 is 21.6 Å². The number of nitrogens with zero attached hydrogens (tertiary/aromatic N) is 1. The lowest BCUT2D eigenvalue weighted by Crippen LogP contribution is -2.43. The lowest BCUT2D eigenvalue weighted by atomic mass is 10.3. The molecule has 0 aliphatic heterocycles. The van der Waals surface area contributed by atoms with Gasteiger partial charge in [-0.15, -0.1) is 0 Å². The normalized spacial score (nSPS) is 10.9. The molecule has 0 aromatic heterocycles. The Hall–Kier alpha value is -1.80. The van der Waals surface area contributed by atoms with Crippen molar-refractivity contribution in [2.24, 2.45) is 5.84 Å². The molecule has 0 unspecified atom stereocenters. The predicted molar refractivity (Wildman–Crippen MR) is 72.1 cm³/mol. The molecule has 19 heavy (non-hydrogen) atoms. The SMILES string of the molecule is CCS(=O)(=O)N(CC(=O)NN)c1cccc(OC)c1. The molecule has 0 saturated heterocycles. The van der Waals surface area contributed by atoms with Crippen molar-refractivity contribution in [2.45, 2.75) is 6.92 Å². The molecule has 106 valence electrons. The monoisotopic (exact) mass is 287 g/mol. The zero-order valence-electron chi connectivity index (χ0n) is 10.8. The van der Waals surface area contributed by atoms with Crippen molar-refractivity contribution in [2.75, 3.05) is 23.7 Å². The number of hydrogen-bond acceptors (Lipinski definition) is 5. The summed E-state index contributed by atoms with van der Waals surface area (Å²) in [6.07, 6.45) is 0. The first-order chi connectivity index (χ1) is 8.94. The van der Waals surface area contributed by atoms with Crippen molar-refractivity contribution < 1.29 is 17.9 Å². The van der Waals surface area contributed by atoms with Crippen LogP contribution in [0.4, 0.5) is 5.69 Å². The third-order valence-electron chi connectivity index (χ3n) is 2.49. The maximum atomic E-state index is 12.0. The lowest BCUT2D eigenvalue weighted by Gasteiger charge is -2.23. The summed E-state index contributed by atoms with van der Waals surface area (Å²) in [7, 11) is -2.11. The summed E-state index contributed by atoms with van der Waals surface area (Å²) < 4.78 is 30.1. The van der Waals surface area contributed by atoms with Gasteiger partial charge in [-0.05, 0) is 19.1 Å². The summed E-state index contributed by atoms with van der Waals surface area (Å²) in [6, 6.07) is 6.45. The number of carbonyl (C=O) groups excluding carboxylic acids is 1. The Morgan fingerprint density at radius 2 is 2.16 bits per heavy atom. The van der Waals surface area contributed by atoms with Crippen LogP contribution >= 0.6 is 0 Å². The number of anilines is 1. The van der Waals surface area contributed by atoms with Crippen LogP contribution in [0.15, 0.2) is 24.3 Å². The Balaban J connectivity index is 3.19. The van der Waals surface area contributed by atoms with E-state index < -0.39 is 15.9 Å². The smallest absolute Gasteiger partial charge is 0.254 e. The first kappa shape index (κ1) is 15.3. The zero-order chi connectivity index (χ0) is 14.5. The summed E-state index contributed by atoms with van der Waals surface area (Å²) in [4.78, 5) is 11.3. The van der Waals surface area contributed by atoms with E-state index in [1.165, 1.54) is 20.1 Å². The van der Waals surface area contributed by atoms with E-state index in [1.807, 2.05) is 5.43 Å². The molecule has 0 atom stereocenters. The van der Waals surface area contributed by atoms with E-state index in [9.17, 15) is 13.2 Å². The first-order valence-electron chi connectivity index (χ1n) is 5.58. The van der Waals surface area contributed by atoms with Crippen molar-refractivity contribution in [3.8, 4) is 5.75 Å². The van der Waals surface area contributed by atoms with Gasteiger partial charge in [0, 0.05) is 6.07 Å². The van der Waals surface area contributed by atoms with Crippen LogP contribution in [0.5, 0.6) is 5.75 Å². The van der Waals surface area contributed by atoms with E-state index in [0.29, 0.717) is 11.4 Å². The highest BCUT2D eigenvalue weighted by Crippen LogP contribution is 2.23. The van der Waals surface area contributed by atoms with E-state index in [2.05, 4.69) is 0 Å². The molecule has 0 aliphatic rings. The number of hydrogen-bond donors (Lipinski definition) is 2. The second kappa shape index (κ2) is 6.39. The highest BCUT2D eigenvalue weighted by Gasteiger charge is 2.23. The summed E-state index contributed by atoms with van der Waals surface area (Å²) in [5.74, 6) is 4.77. The lowest BCUT2D eigenvalue weighted by molar-refractivity contribution is -0.119. The maximum absolute atomic E-state index is 12.0. The number of ether oxygens (including phenoxy) is 1. The van der Waals surface area contributed by atoms with Crippen molar-refractivity contribution in [1.29, 1.82) is 0 Å². The number of carbonyl (C=O) groups is 1. The van der Waals surface area contributed by atoms with Crippen LogP contribution in [0, 0.1) is 0 Å². The Morgan fingerprint density at radius 3 is 2.68 bits per heavy atom. The molecule has 1 rings (SSSR count). The van der Waals surface area contributed by atoms with Crippen LogP contribution in [-0.2, 0) is 14.8 Å². The van der Waals surface area contributed by atoms with Gasteiger partial charge in [-0.25, -0.2) is 14.3 Å². The summed E-state index contributed by atoms with van der Waals surface area (Å²) in [5.41, 5.74) is 2.27. The first-order valence-corrected chi connectivity index (χ1v) is 7.19. The number of sulfonamides is 1. The quantitative estimate of drug-likeness (QED) is 0.430. The van der Waals surface area contributed by atoms with Gasteiger partial charge >= 0.3 is 0 Å². The average Bonchev–Trinajstić information content (AvgIpc) is 2.44. The van der Waals surface area contributed by atoms with Crippen molar-refractivity contribution in [3.63, 3.8) is 0 Å². The fraction of sp³-hybridized carbons (Fsp3) is 0.364. The van der Waals surface area contributed by atoms with E-state index in [-0.39, 0.29) is 12.3 Å². The fourth-order valence-corrected chi connectivity index (χ4v) is 2.51. The molecule has 0 fully saturated rings. The Labute approximate surface area is 112 Å². The molecule has 1 aromatic carbocycles. The van der Waals surface area contributed by atoms with Gasteiger partial charge < -0.3 is 4.74 Å². The zero-order valence-corrected chi connectivity index (χ0v) is 11.6. The van der Waals surface area contributed by atoms with Crippen LogP contribution in [0.25, 0.3) is 0 Å². The number of hydrazine groups is 1. The van der Waals surface area contributed by atoms with Gasteiger partial charge in [0.15, 0.2) is 0 Å². The third-order valence-corrected chi connectivity index (χ3v) is 4.23. The molecule has 1 amide bonds. The van der Waals surface area contributed by atoms with Gasteiger partial charge in [0.1, 0.15) is 12.3 Å². The van der Waals surface area contributed by atoms with E-state index >= 15 is 0 Å². The molecule has 7 nitrogen and oxygen atoms in total. The van der Waals surface area contributed by atoms with Crippen LogP contribution in [0.3, 0.4) is 0 Å². The Bertz CT molecular complexity index is 545. The molecule has 1 aromatic rings. The molecule has 0 radical (unpaired) electrons. The number of nitrogens with two attached hydrogens (primary N) is 1. The number of benzene rings is 1. The number of amides is 1. The Kier molecular flexibility index (Phi) is 5.13. The van der Waals surface area contributed by atoms with Crippen molar-refractivity contribution in [3.05, 3.63) is 24.3 Å². The molecule has 0 heterocycles. The summed E-state index contributed by atoms with van der Waals surface area (Å²) >= 11 is 0. The summed E-state index contributed by atoms with van der Waals surface area (Å²) in [6.45, 7) is 1.13. The second-order valence-corrected chi connectivity index (χ2v) is 5.86. The minimum Gasteiger partial charge on any atom is -0.497 e. The van der Waals surface area contributed by atoms with Gasteiger partial charge in [-0.3, -0.25) is 14.5 Å². The largest absolute Gasteiger partial charge is 0.497 e. The van der Waals surface area contributed by atoms with E-state index in [0.717, 1.165) is 4.31 Å². The van der Waals surface area contributed by atoms with Gasteiger partial charge in [-0.1, -0.05) is 6.07 Å². The highest BCUT2D eigenvalue weighted by molar-refractivity contribution is 7.92. The number of methoxy groups -OCH3 is 1. The highest BCUT2D eigenvalue weighted by atomic mass is 32.2. The van der Waals surface area contributed by atoms with Gasteiger partial charge in [0.05, 0.1) is 18.6 Å². The van der Waals surface area contributed by atoms with Crippen LogP contribution < -0.4 is 20.3 Å². The minimum atomic E-state index is -3.58. The van der Waals surface area contributed by atoms with Crippen molar-refractivity contribution in [1.82, 2.24) is 5.43 Å². The molecule has 0 spiro atoms. The minimum absolute atomic E-state index is 0.123.